The Morgan fingerprint density at radius 3 is 2.71 bits per heavy atom. The lowest BCUT2D eigenvalue weighted by atomic mass is 10.1. The molecular weight excluding hydrogens is 430 g/mol. The molecule has 1 aromatic carbocycles. The van der Waals surface area contributed by atoms with Crippen LogP contribution in [0.15, 0.2) is 40.2 Å². The first-order valence-corrected chi connectivity index (χ1v) is 10.4. The minimum absolute atomic E-state index is 0.0859. The van der Waals surface area contributed by atoms with Crippen molar-refractivity contribution in [3.63, 3.8) is 0 Å². The molecule has 0 spiro atoms. The highest BCUT2D eigenvalue weighted by atomic mass is 32.1. The summed E-state index contributed by atoms with van der Waals surface area (Å²) in [6, 6.07) is 8.05. The lowest BCUT2D eigenvalue weighted by Crippen LogP contribution is -2.48. The lowest BCUT2D eigenvalue weighted by molar-refractivity contribution is -0.0512. The number of halogens is 2. The van der Waals surface area contributed by atoms with E-state index < -0.39 is 6.61 Å². The predicted octanol–water partition coefficient (Wildman–Crippen LogP) is 3.37. The van der Waals surface area contributed by atoms with Crippen LogP contribution in [-0.4, -0.2) is 65.7 Å². The van der Waals surface area contributed by atoms with E-state index in [2.05, 4.69) is 19.8 Å². The van der Waals surface area contributed by atoms with E-state index in [9.17, 15) is 13.6 Å². The van der Waals surface area contributed by atoms with Gasteiger partial charge in [-0.2, -0.15) is 13.8 Å². The number of aromatic nitrogens is 2. The van der Waals surface area contributed by atoms with Crippen molar-refractivity contribution in [3.8, 4) is 22.2 Å². The van der Waals surface area contributed by atoms with Crippen molar-refractivity contribution in [1.29, 1.82) is 0 Å². The molecule has 4 rings (SSSR count). The maximum atomic E-state index is 12.8. The van der Waals surface area contributed by atoms with Gasteiger partial charge in [-0.1, -0.05) is 11.2 Å². The third-order valence-corrected chi connectivity index (χ3v) is 5.72. The van der Waals surface area contributed by atoms with Crippen LogP contribution in [0.1, 0.15) is 16.2 Å². The summed E-state index contributed by atoms with van der Waals surface area (Å²) in [6.07, 6.45) is 0. The number of carbonyl (C=O) groups is 1. The van der Waals surface area contributed by atoms with Gasteiger partial charge in [0.1, 0.15) is 0 Å². The summed E-state index contributed by atoms with van der Waals surface area (Å²) in [7, 11) is 1.34. The SMILES string of the molecule is COc1cc(C(=O)N2CCN(Cc3nc(-c4cccs4)no3)CC2)ccc1OC(F)F. The van der Waals surface area contributed by atoms with Gasteiger partial charge in [0.05, 0.1) is 18.5 Å². The van der Waals surface area contributed by atoms with Crippen LogP contribution in [0.4, 0.5) is 8.78 Å². The molecule has 3 aromatic rings. The number of hydrogen-bond acceptors (Lipinski definition) is 8. The quantitative estimate of drug-likeness (QED) is 0.546. The molecular formula is C20H20F2N4O4S. The number of methoxy groups -OCH3 is 1. The molecule has 0 saturated carbocycles. The Morgan fingerprint density at radius 1 is 1.23 bits per heavy atom. The summed E-state index contributed by atoms with van der Waals surface area (Å²) >= 11 is 1.55. The standard InChI is InChI=1S/C20H20F2N4O4S/c1-28-15-11-13(4-5-14(15)29-20(21)22)19(27)26-8-6-25(7-9-26)12-17-23-18(24-30-17)16-3-2-10-31-16/h2-5,10-11,20H,6-9,12H2,1H3. The Labute approximate surface area is 181 Å². The van der Waals surface area contributed by atoms with Crippen molar-refractivity contribution in [2.24, 2.45) is 0 Å². The minimum atomic E-state index is -2.97. The second kappa shape index (κ2) is 9.40. The van der Waals surface area contributed by atoms with Gasteiger partial charge in [0, 0.05) is 31.7 Å². The number of piperazine rings is 1. The van der Waals surface area contributed by atoms with Crippen molar-refractivity contribution in [1.82, 2.24) is 19.9 Å². The third-order valence-electron chi connectivity index (χ3n) is 4.85. The Morgan fingerprint density at radius 2 is 2.03 bits per heavy atom. The van der Waals surface area contributed by atoms with E-state index >= 15 is 0 Å². The number of carbonyl (C=O) groups excluding carboxylic acids is 1. The molecule has 1 aliphatic heterocycles. The highest BCUT2D eigenvalue weighted by molar-refractivity contribution is 7.13. The third kappa shape index (κ3) is 5.00. The Kier molecular flexibility index (Phi) is 6.42. The van der Waals surface area contributed by atoms with E-state index in [0.29, 0.717) is 50.0 Å². The Bertz CT molecular complexity index is 1020. The maximum Gasteiger partial charge on any atom is 0.387 e. The fourth-order valence-corrected chi connectivity index (χ4v) is 3.95. The van der Waals surface area contributed by atoms with Gasteiger partial charge in [-0.15, -0.1) is 11.3 Å². The van der Waals surface area contributed by atoms with E-state index in [-0.39, 0.29) is 17.4 Å². The van der Waals surface area contributed by atoms with Gasteiger partial charge in [0.2, 0.25) is 11.7 Å². The zero-order valence-electron chi connectivity index (χ0n) is 16.7. The van der Waals surface area contributed by atoms with Gasteiger partial charge < -0.3 is 18.9 Å². The fraction of sp³-hybridized carbons (Fsp3) is 0.350. The summed E-state index contributed by atoms with van der Waals surface area (Å²) in [4.78, 5) is 22.0. The normalized spacial score (nSPS) is 14.8. The molecule has 8 nitrogen and oxygen atoms in total. The summed E-state index contributed by atoms with van der Waals surface area (Å²) in [5.74, 6) is 0.886. The first-order chi connectivity index (χ1) is 15.0. The molecule has 1 saturated heterocycles. The zero-order chi connectivity index (χ0) is 21.8. The first kappa shape index (κ1) is 21.2. The highest BCUT2D eigenvalue weighted by Crippen LogP contribution is 2.30. The molecule has 3 heterocycles. The molecule has 0 radical (unpaired) electrons. The lowest BCUT2D eigenvalue weighted by Gasteiger charge is -2.34. The van der Waals surface area contributed by atoms with Crippen LogP contribution in [-0.2, 0) is 6.54 Å². The number of nitrogens with zero attached hydrogens (tertiary/aromatic N) is 4. The number of amides is 1. The van der Waals surface area contributed by atoms with Crippen molar-refractivity contribution < 1.29 is 27.6 Å². The van der Waals surface area contributed by atoms with Crippen LogP contribution in [0, 0.1) is 0 Å². The molecule has 0 bridgehead atoms. The smallest absolute Gasteiger partial charge is 0.387 e. The summed E-state index contributed by atoms with van der Waals surface area (Å²) in [6.45, 7) is -0.138. The molecule has 1 aliphatic rings. The molecule has 2 aromatic heterocycles. The van der Waals surface area contributed by atoms with Crippen LogP contribution in [0.5, 0.6) is 11.5 Å². The van der Waals surface area contributed by atoms with Crippen LogP contribution >= 0.6 is 11.3 Å². The topological polar surface area (TPSA) is 80.9 Å². The summed E-state index contributed by atoms with van der Waals surface area (Å²) < 4.78 is 39.8. The monoisotopic (exact) mass is 450 g/mol. The van der Waals surface area contributed by atoms with Gasteiger partial charge in [0.15, 0.2) is 11.5 Å². The van der Waals surface area contributed by atoms with E-state index in [1.54, 1.807) is 16.2 Å². The molecule has 164 valence electrons. The second-order valence-corrected chi connectivity index (χ2v) is 7.75. The van der Waals surface area contributed by atoms with Crippen molar-refractivity contribution in [3.05, 3.63) is 47.2 Å². The maximum absolute atomic E-state index is 12.8. The minimum Gasteiger partial charge on any atom is -0.493 e. The highest BCUT2D eigenvalue weighted by Gasteiger charge is 2.24. The van der Waals surface area contributed by atoms with Crippen LogP contribution in [0.2, 0.25) is 0 Å². The van der Waals surface area contributed by atoms with E-state index in [4.69, 9.17) is 9.26 Å². The number of alkyl halides is 2. The van der Waals surface area contributed by atoms with E-state index in [0.717, 1.165) is 4.88 Å². The van der Waals surface area contributed by atoms with Crippen molar-refractivity contribution >= 4 is 17.2 Å². The molecule has 0 N–H and O–H groups in total. The number of rotatable bonds is 7. The number of benzene rings is 1. The predicted molar refractivity (Wildman–Crippen MR) is 108 cm³/mol. The molecule has 1 amide bonds. The number of ether oxygens (including phenoxy) is 2. The average Bonchev–Trinajstić information content (AvgIpc) is 3.46. The molecule has 0 unspecified atom stereocenters. The number of thiophene rings is 1. The summed E-state index contributed by atoms with van der Waals surface area (Å²) in [5.41, 5.74) is 0.351. The van der Waals surface area contributed by atoms with Gasteiger partial charge in [-0.3, -0.25) is 9.69 Å². The summed E-state index contributed by atoms with van der Waals surface area (Å²) in [5, 5.41) is 5.97. The molecule has 31 heavy (non-hydrogen) atoms. The first-order valence-electron chi connectivity index (χ1n) is 9.54. The fourth-order valence-electron chi connectivity index (χ4n) is 3.30. The Hall–Kier alpha value is -3.05. The molecule has 1 fully saturated rings. The van der Waals surface area contributed by atoms with Crippen LogP contribution < -0.4 is 9.47 Å². The van der Waals surface area contributed by atoms with Gasteiger partial charge in [0.25, 0.3) is 5.91 Å². The molecule has 11 heteroatoms. The molecule has 0 atom stereocenters. The van der Waals surface area contributed by atoms with Crippen molar-refractivity contribution in [2.75, 3.05) is 33.3 Å². The largest absolute Gasteiger partial charge is 0.493 e. The van der Waals surface area contributed by atoms with Gasteiger partial charge in [-0.05, 0) is 29.6 Å². The van der Waals surface area contributed by atoms with E-state index in [1.165, 1.54) is 25.3 Å². The van der Waals surface area contributed by atoms with Crippen LogP contribution in [0.25, 0.3) is 10.7 Å². The average molecular weight is 450 g/mol. The zero-order valence-corrected chi connectivity index (χ0v) is 17.5. The molecule has 0 aliphatic carbocycles. The van der Waals surface area contributed by atoms with Crippen LogP contribution in [0.3, 0.4) is 0 Å². The second-order valence-electron chi connectivity index (χ2n) is 6.80. The van der Waals surface area contributed by atoms with Gasteiger partial charge >= 0.3 is 6.61 Å². The van der Waals surface area contributed by atoms with E-state index in [1.807, 2.05) is 17.5 Å². The Balaban J connectivity index is 1.34. The van der Waals surface area contributed by atoms with Gasteiger partial charge in [-0.25, -0.2) is 0 Å². The van der Waals surface area contributed by atoms with Crippen molar-refractivity contribution in [2.45, 2.75) is 13.2 Å². The number of hydrogen-bond donors (Lipinski definition) is 0.